The standard InChI is InChI=1S/C24H30Cl3NO7S/c1-15(29)35-20(11-25)14-34-23-21(26)9-17(10-22(23)27)24(2,3)16-5-7-19(8-6-16)33-13-18(30)12-28-36(4,31)32/h5-10,18,20,28,30H,11-14H2,1-4H3/t18-,20+/m1/s1. The van der Waals surface area contributed by atoms with E-state index >= 15 is 0 Å². The van der Waals surface area contributed by atoms with E-state index < -0.39 is 33.6 Å². The number of benzene rings is 2. The van der Waals surface area contributed by atoms with Gasteiger partial charge in [0.05, 0.1) is 22.2 Å². The van der Waals surface area contributed by atoms with E-state index in [1.54, 1.807) is 24.3 Å². The molecule has 0 bridgehead atoms. The van der Waals surface area contributed by atoms with Crippen LogP contribution in [0, 0.1) is 0 Å². The van der Waals surface area contributed by atoms with Crippen molar-refractivity contribution in [2.75, 3.05) is 31.9 Å². The Labute approximate surface area is 226 Å². The summed E-state index contributed by atoms with van der Waals surface area (Å²) < 4.78 is 40.8. The van der Waals surface area contributed by atoms with Gasteiger partial charge in [-0.1, -0.05) is 49.2 Å². The fourth-order valence-electron chi connectivity index (χ4n) is 3.21. The summed E-state index contributed by atoms with van der Waals surface area (Å²) in [5.41, 5.74) is 1.31. The Kier molecular flexibility index (Phi) is 11.1. The molecule has 0 fully saturated rings. The zero-order valence-electron chi connectivity index (χ0n) is 20.4. The maximum atomic E-state index is 11.2. The first kappa shape index (κ1) is 30.5. The molecule has 0 spiro atoms. The molecule has 8 nitrogen and oxygen atoms in total. The third-order valence-electron chi connectivity index (χ3n) is 5.24. The molecular weight excluding hydrogens is 553 g/mol. The number of rotatable bonds is 13. The van der Waals surface area contributed by atoms with Crippen molar-refractivity contribution in [2.45, 2.75) is 38.4 Å². The molecule has 12 heteroatoms. The largest absolute Gasteiger partial charge is 0.491 e. The van der Waals surface area contributed by atoms with Crippen LogP contribution in [0.2, 0.25) is 10.0 Å². The number of hydrogen-bond donors (Lipinski definition) is 2. The van der Waals surface area contributed by atoms with Crippen molar-refractivity contribution in [2.24, 2.45) is 0 Å². The molecule has 2 atom stereocenters. The smallest absolute Gasteiger partial charge is 0.303 e. The van der Waals surface area contributed by atoms with Crippen molar-refractivity contribution in [3.8, 4) is 11.5 Å². The van der Waals surface area contributed by atoms with E-state index in [2.05, 4.69) is 4.72 Å². The number of hydrogen-bond acceptors (Lipinski definition) is 7. The molecule has 0 radical (unpaired) electrons. The molecule has 0 aromatic heterocycles. The van der Waals surface area contributed by atoms with Gasteiger partial charge in [0, 0.05) is 18.9 Å². The van der Waals surface area contributed by atoms with E-state index in [1.807, 2.05) is 26.0 Å². The molecule has 36 heavy (non-hydrogen) atoms. The summed E-state index contributed by atoms with van der Waals surface area (Å²) in [6.07, 6.45) is -0.607. The summed E-state index contributed by atoms with van der Waals surface area (Å²) in [6, 6.07) is 10.8. The van der Waals surface area contributed by atoms with Crippen molar-refractivity contribution < 1.29 is 32.5 Å². The van der Waals surface area contributed by atoms with E-state index in [4.69, 9.17) is 49.0 Å². The van der Waals surface area contributed by atoms with Crippen molar-refractivity contribution in [1.29, 1.82) is 0 Å². The highest BCUT2D eigenvalue weighted by atomic mass is 35.5. The number of carbonyl (C=O) groups is 1. The van der Waals surface area contributed by atoms with Crippen molar-refractivity contribution in [3.63, 3.8) is 0 Å². The van der Waals surface area contributed by atoms with Gasteiger partial charge in [0.1, 0.15) is 31.2 Å². The molecule has 0 saturated heterocycles. The van der Waals surface area contributed by atoms with Crippen molar-refractivity contribution in [3.05, 3.63) is 57.6 Å². The van der Waals surface area contributed by atoms with Crippen LogP contribution in [0.15, 0.2) is 36.4 Å². The first-order valence-electron chi connectivity index (χ1n) is 10.9. The van der Waals surface area contributed by atoms with Crippen LogP contribution in [0.3, 0.4) is 0 Å². The molecule has 2 N–H and O–H groups in total. The van der Waals surface area contributed by atoms with Gasteiger partial charge in [0.15, 0.2) is 5.75 Å². The lowest BCUT2D eigenvalue weighted by Crippen LogP contribution is -2.34. The van der Waals surface area contributed by atoms with Crippen LogP contribution < -0.4 is 14.2 Å². The van der Waals surface area contributed by atoms with Gasteiger partial charge in [0.2, 0.25) is 10.0 Å². The van der Waals surface area contributed by atoms with E-state index in [0.29, 0.717) is 15.8 Å². The normalized spacial score (nSPS) is 13.7. The number of sulfonamides is 1. The van der Waals surface area contributed by atoms with Crippen LogP contribution in [0.4, 0.5) is 0 Å². The maximum absolute atomic E-state index is 11.2. The molecule has 200 valence electrons. The zero-order valence-corrected chi connectivity index (χ0v) is 23.5. The molecular formula is C24H30Cl3NO7S. The molecule has 0 aliphatic heterocycles. The Bertz CT molecular complexity index is 1120. The molecule has 0 heterocycles. The van der Waals surface area contributed by atoms with Gasteiger partial charge in [-0.05, 0) is 35.4 Å². The lowest BCUT2D eigenvalue weighted by Gasteiger charge is -2.27. The van der Waals surface area contributed by atoms with Gasteiger partial charge in [-0.2, -0.15) is 0 Å². The first-order chi connectivity index (χ1) is 16.7. The number of aliphatic hydroxyl groups is 1. The number of nitrogens with one attached hydrogen (secondary N) is 1. The Morgan fingerprint density at radius 3 is 2.14 bits per heavy atom. The number of ether oxygens (including phenoxy) is 3. The number of esters is 1. The Balaban J connectivity index is 2.09. The van der Waals surface area contributed by atoms with Crippen molar-refractivity contribution in [1.82, 2.24) is 4.72 Å². The monoisotopic (exact) mass is 581 g/mol. The van der Waals surface area contributed by atoms with E-state index in [9.17, 15) is 18.3 Å². The average Bonchev–Trinajstić information content (AvgIpc) is 2.79. The predicted molar refractivity (Wildman–Crippen MR) is 141 cm³/mol. The molecule has 2 rings (SSSR count). The molecule has 0 aliphatic rings. The zero-order chi connectivity index (χ0) is 27.1. The predicted octanol–water partition coefficient (Wildman–Crippen LogP) is 4.16. The topological polar surface area (TPSA) is 111 Å². The summed E-state index contributed by atoms with van der Waals surface area (Å²) in [5.74, 6) is 0.396. The van der Waals surface area contributed by atoms with Gasteiger partial charge >= 0.3 is 5.97 Å². The second-order valence-electron chi connectivity index (χ2n) is 8.70. The Hall–Kier alpha value is -1.75. The molecule has 2 aromatic rings. The fraction of sp³-hybridized carbons (Fsp3) is 0.458. The number of aliphatic hydroxyl groups excluding tert-OH is 1. The molecule has 0 amide bonds. The second-order valence-corrected chi connectivity index (χ2v) is 11.7. The van der Waals surface area contributed by atoms with E-state index in [0.717, 1.165) is 17.4 Å². The highest BCUT2D eigenvalue weighted by Gasteiger charge is 2.26. The Morgan fingerprint density at radius 1 is 1.06 bits per heavy atom. The van der Waals surface area contributed by atoms with Gasteiger partial charge in [-0.3, -0.25) is 4.79 Å². The highest BCUT2D eigenvalue weighted by molar-refractivity contribution is 7.88. The molecule has 2 aromatic carbocycles. The third kappa shape index (κ3) is 9.28. The van der Waals surface area contributed by atoms with Crippen LogP contribution in [0.25, 0.3) is 0 Å². The van der Waals surface area contributed by atoms with Crippen molar-refractivity contribution >= 4 is 50.8 Å². The van der Waals surface area contributed by atoms with Crippen LogP contribution >= 0.6 is 34.8 Å². The van der Waals surface area contributed by atoms with Gasteiger partial charge in [0.25, 0.3) is 0 Å². The van der Waals surface area contributed by atoms with Gasteiger partial charge in [-0.25, -0.2) is 13.1 Å². The summed E-state index contributed by atoms with van der Waals surface area (Å²) >= 11 is 18.8. The minimum atomic E-state index is -3.39. The maximum Gasteiger partial charge on any atom is 0.303 e. The van der Waals surface area contributed by atoms with Crippen LogP contribution in [-0.4, -0.2) is 63.6 Å². The second kappa shape index (κ2) is 13.2. The number of carbonyl (C=O) groups excluding carboxylic acids is 1. The number of alkyl halides is 1. The summed E-state index contributed by atoms with van der Waals surface area (Å²) in [4.78, 5) is 11.2. The fourth-order valence-corrected chi connectivity index (χ4v) is 4.46. The van der Waals surface area contributed by atoms with Crippen LogP contribution in [-0.2, 0) is 25.0 Å². The number of halogens is 3. The lowest BCUT2D eigenvalue weighted by atomic mass is 9.78. The molecule has 0 unspecified atom stereocenters. The third-order valence-corrected chi connectivity index (χ3v) is 6.83. The minimum Gasteiger partial charge on any atom is -0.491 e. The van der Waals surface area contributed by atoms with Gasteiger partial charge < -0.3 is 19.3 Å². The van der Waals surface area contributed by atoms with E-state index in [-0.39, 0.29) is 31.4 Å². The van der Waals surface area contributed by atoms with Gasteiger partial charge in [-0.15, -0.1) is 11.6 Å². The Morgan fingerprint density at radius 2 is 1.64 bits per heavy atom. The summed E-state index contributed by atoms with van der Waals surface area (Å²) in [6.45, 7) is 5.11. The SMILES string of the molecule is CC(=O)O[C@@H](CCl)COc1c(Cl)cc(C(C)(C)c2ccc(OC[C@H](O)CNS(C)(=O)=O)cc2)cc1Cl. The highest BCUT2D eigenvalue weighted by Crippen LogP contribution is 2.40. The first-order valence-corrected chi connectivity index (χ1v) is 14.1. The quantitative estimate of drug-likeness (QED) is 0.270. The molecule has 0 saturated carbocycles. The summed E-state index contributed by atoms with van der Waals surface area (Å²) in [7, 11) is -3.39. The lowest BCUT2D eigenvalue weighted by molar-refractivity contribution is -0.146. The van der Waals surface area contributed by atoms with E-state index in [1.165, 1.54) is 6.92 Å². The summed E-state index contributed by atoms with van der Waals surface area (Å²) in [5, 5.41) is 10.5. The average molecular weight is 583 g/mol. The van der Waals surface area contributed by atoms with Crippen LogP contribution in [0.1, 0.15) is 31.9 Å². The minimum absolute atomic E-state index is 0.00569. The van der Waals surface area contributed by atoms with Crippen LogP contribution in [0.5, 0.6) is 11.5 Å². The molecule has 0 aliphatic carbocycles.